The molecule has 0 saturated heterocycles. The third-order valence-electron chi connectivity index (χ3n) is 3.75. The molecule has 3 aromatic rings. The van der Waals surface area contributed by atoms with Crippen molar-refractivity contribution in [3.8, 4) is 11.4 Å². The Labute approximate surface area is 160 Å². The average Bonchev–Trinajstić information content (AvgIpc) is 3.11. The first kappa shape index (κ1) is 18.6. The van der Waals surface area contributed by atoms with Crippen LogP contribution in [0.15, 0.2) is 53.1 Å². The standard InChI is InChI=1S/C19H17ClN4O3/c20-14-5-3-13(4-6-14)19-23-18(27-24-19)10-9-17(26)22-15-7-1-12(2-8-15)11-16(21)25/h1-8H,9-11H2,(H2,21,25)(H,22,26). The number of aromatic nitrogens is 2. The van der Waals surface area contributed by atoms with Crippen LogP contribution in [-0.4, -0.2) is 22.0 Å². The van der Waals surface area contributed by atoms with E-state index < -0.39 is 5.91 Å². The molecule has 0 spiro atoms. The molecular weight excluding hydrogens is 368 g/mol. The predicted molar refractivity (Wildman–Crippen MR) is 101 cm³/mol. The first-order valence-electron chi connectivity index (χ1n) is 8.25. The zero-order valence-corrected chi connectivity index (χ0v) is 15.1. The maximum absolute atomic E-state index is 12.1. The van der Waals surface area contributed by atoms with E-state index in [0.29, 0.717) is 28.8 Å². The van der Waals surface area contributed by atoms with Gasteiger partial charge in [0.05, 0.1) is 6.42 Å². The summed E-state index contributed by atoms with van der Waals surface area (Å²) >= 11 is 5.86. The molecule has 138 valence electrons. The zero-order chi connectivity index (χ0) is 19.2. The lowest BCUT2D eigenvalue weighted by atomic mass is 10.1. The number of anilines is 1. The fraction of sp³-hybridized carbons (Fsp3) is 0.158. The molecule has 1 aromatic heterocycles. The van der Waals surface area contributed by atoms with Crippen molar-refractivity contribution >= 4 is 29.1 Å². The van der Waals surface area contributed by atoms with E-state index in [1.54, 1.807) is 48.5 Å². The van der Waals surface area contributed by atoms with Crippen LogP contribution in [0.25, 0.3) is 11.4 Å². The topological polar surface area (TPSA) is 111 Å². The summed E-state index contributed by atoms with van der Waals surface area (Å²) in [6.45, 7) is 0. The maximum atomic E-state index is 12.1. The highest BCUT2D eigenvalue weighted by molar-refractivity contribution is 6.30. The summed E-state index contributed by atoms with van der Waals surface area (Å²) in [4.78, 5) is 27.2. The molecule has 0 radical (unpaired) electrons. The van der Waals surface area contributed by atoms with Crippen LogP contribution in [0.2, 0.25) is 5.02 Å². The molecule has 7 nitrogen and oxygen atoms in total. The second-order valence-electron chi connectivity index (χ2n) is 5.91. The third kappa shape index (κ3) is 5.39. The number of hydrogen-bond acceptors (Lipinski definition) is 5. The van der Waals surface area contributed by atoms with Gasteiger partial charge in [0.15, 0.2) is 0 Å². The lowest BCUT2D eigenvalue weighted by Crippen LogP contribution is -2.14. The Morgan fingerprint density at radius 1 is 1.07 bits per heavy atom. The molecule has 0 atom stereocenters. The van der Waals surface area contributed by atoms with E-state index in [9.17, 15) is 9.59 Å². The first-order chi connectivity index (χ1) is 13.0. The van der Waals surface area contributed by atoms with Crippen molar-refractivity contribution < 1.29 is 14.1 Å². The molecule has 0 unspecified atom stereocenters. The summed E-state index contributed by atoms with van der Waals surface area (Å²) in [6, 6.07) is 14.0. The minimum absolute atomic E-state index is 0.168. The van der Waals surface area contributed by atoms with Gasteiger partial charge < -0.3 is 15.6 Å². The molecule has 8 heteroatoms. The summed E-state index contributed by atoms with van der Waals surface area (Å²) in [5, 5.41) is 7.32. The van der Waals surface area contributed by atoms with Gasteiger partial charge in [-0.15, -0.1) is 0 Å². The summed E-state index contributed by atoms with van der Waals surface area (Å²) < 4.78 is 5.18. The molecule has 0 aliphatic rings. The van der Waals surface area contributed by atoms with Crippen LogP contribution in [0.3, 0.4) is 0 Å². The number of carbonyl (C=O) groups is 2. The molecule has 1 heterocycles. The molecule has 27 heavy (non-hydrogen) atoms. The Balaban J connectivity index is 1.52. The highest BCUT2D eigenvalue weighted by atomic mass is 35.5. The minimum Gasteiger partial charge on any atom is -0.369 e. The van der Waals surface area contributed by atoms with Gasteiger partial charge in [-0.1, -0.05) is 28.9 Å². The Morgan fingerprint density at radius 3 is 2.44 bits per heavy atom. The zero-order valence-electron chi connectivity index (χ0n) is 14.3. The van der Waals surface area contributed by atoms with Crippen LogP contribution in [0.1, 0.15) is 17.9 Å². The lowest BCUT2D eigenvalue weighted by molar-refractivity contribution is -0.117. The van der Waals surface area contributed by atoms with Gasteiger partial charge >= 0.3 is 0 Å². The van der Waals surface area contributed by atoms with Crippen molar-refractivity contribution in [2.24, 2.45) is 5.73 Å². The van der Waals surface area contributed by atoms with E-state index in [4.69, 9.17) is 21.9 Å². The number of aryl methyl sites for hydroxylation is 1. The normalized spacial score (nSPS) is 10.6. The van der Waals surface area contributed by atoms with Crippen LogP contribution >= 0.6 is 11.6 Å². The smallest absolute Gasteiger partial charge is 0.227 e. The number of nitrogens with zero attached hydrogens (tertiary/aromatic N) is 2. The molecule has 2 amide bonds. The highest BCUT2D eigenvalue weighted by Gasteiger charge is 2.11. The van der Waals surface area contributed by atoms with Crippen molar-refractivity contribution in [3.63, 3.8) is 0 Å². The number of rotatable bonds is 7. The number of amides is 2. The molecular formula is C19H17ClN4O3. The summed E-state index contributed by atoms with van der Waals surface area (Å²) in [6.07, 6.45) is 0.693. The number of halogens is 1. The second-order valence-corrected chi connectivity index (χ2v) is 6.34. The molecule has 3 rings (SSSR count). The first-order valence-corrected chi connectivity index (χ1v) is 8.63. The van der Waals surface area contributed by atoms with Crippen molar-refractivity contribution in [2.45, 2.75) is 19.3 Å². The molecule has 0 aliphatic heterocycles. The van der Waals surface area contributed by atoms with Gasteiger partial charge in [-0.2, -0.15) is 4.98 Å². The fourth-order valence-electron chi connectivity index (χ4n) is 2.42. The van der Waals surface area contributed by atoms with Gasteiger partial charge in [0.1, 0.15) is 0 Å². The van der Waals surface area contributed by atoms with Crippen LogP contribution in [0.4, 0.5) is 5.69 Å². The number of carbonyl (C=O) groups excluding carboxylic acids is 2. The van der Waals surface area contributed by atoms with E-state index in [-0.39, 0.29) is 18.7 Å². The van der Waals surface area contributed by atoms with Crippen LogP contribution < -0.4 is 11.1 Å². The lowest BCUT2D eigenvalue weighted by Gasteiger charge is -2.05. The van der Waals surface area contributed by atoms with E-state index in [0.717, 1.165) is 11.1 Å². The molecule has 0 bridgehead atoms. The molecule has 2 aromatic carbocycles. The SMILES string of the molecule is NC(=O)Cc1ccc(NC(=O)CCc2nc(-c3ccc(Cl)cc3)no2)cc1. The van der Waals surface area contributed by atoms with Gasteiger partial charge in [-0.05, 0) is 42.0 Å². The Kier molecular flexibility index (Phi) is 5.83. The Morgan fingerprint density at radius 2 is 1.78 bits per heavy atom. The minimum atomic E-state index is -0.399. The van der Waals surface area contributed by atoms with E-state index in [1.807, 2.05) is 0 Å². The van der Waals surface area contributed by atoms with Gasteiger partial charge in [-0.25, -0.2) is 0 Å². The second kappa shape index (κ2) is 8.46. The van der Waals surface area contributed by atoms with Crippen molar-refractivity contribution in [2.75, 3.05) is 5.32 Å². The summed E-state index contributed by atoms with van der Waals surface area (Å²) in [5.74, 6) is 0.257. The van der Waals surface area contributed by atoms with E-state index in [1.165, 1.54) is 0 Å². The summed E-state index contributed by atoms with van der Waals surface area (Å²) in [7, 11) is 0. The van der Waals surface area contributed by atoms with Crippen molar-refractivity contribution in [1.29, 1.82) is 0 Å². The monoisotopic (exact) mass is 384 g/mol. The number of nitrogens with two attached hydrogens (primary N) is 1. The Bertz CT molecular complexity index is 936. The quantitative estimate of drug-likeness (QED) is 0.650. The fourth-order valence-corrected chi connectivity index (χ4v) is 2.55. The number of benzene rings is 2. The highest BCUT2D eigenvalue weighted by Crippen LogP contribution is 2.19. The molecule has 0 fully saturated rings. The van der Waals surface area contributed by atoms with Gasteiger partial charge in [0, 0.05) is 29.1 Å². The van der Waals surface area contributed by atoms with Crippen LogP contribution in [-0.2, 0) is 22.4 Å². The third-order valence-corrected chi connectivity index (χ3v) is 4.00. The predicted octanol–water partition coefficient (Wildman–Crippen LogP) is 2.99. The van der Waals surface area contributed by atoms with Gasteiger partial charge in [-0.3, -0.25) is 9.59 Å². The van der Waals surface area contributed by atoms with Gasteiger partial charge in [0.25, 0.3) is 0 Å². The number of primary amides is 1. The number of hydrogen-bond donors (Lipinski definition) is 2. The van der Waals surface area contributed by atoms with Gasteiger partial charge in [0.2, 0.25) is 23.5 Å². The molecule has 3 N–H and O–H groups in total. The van der Waals surface area contributed by atoms with Crippen molar-refractivity contribution in [1.82, 2.24) is 10.1 Å². The maximum Gasteiger partial charge on any atom is 0.227 e. The summed E-state index contributed by atoms with van der Waals surface area (Å²) in [5.41, 5.74) is 7.37. The Hall–Kier alpha value is -3.19. The van der Waals surface area contributed by atoms with E-state index in [2.05, 4.69) is 15.5 Å². The van der Waals surface area contributed by atoms with Crippen molar-refractivity contribution in [3.05, 3.63) is 65.0 Å². The molecule has 0 saturated carbocycles. The average molecular weight is 385 g/mol. The molecule has 0 aliphatic carbocycles. The van der Waals surface area contributed by atoms with Crippen LogP contribution in [0.5, 0.6) is 0 Å². The van der Waals surface area contributed by atoms with E-state index >= 15 is 0 Å². The largest absolute Gasteiger partial charge is 0.369 e. The number of nitrogens with one attached hydrogen (secondary N) is 1. The van der Waals surface area contributed by atoms with Crippen LogP contribution in [0, 0.1) is 0 Å².